The number of esters is 1. The third-order valence-electron chi connectivity index (χ3n) is 9.63. The number of hydrogen-bond donors (Lipinski definition) is 2. The molecule has 0 bridgehead atoms. The van der Waals surface area contributed by atoms with Crippen LogP contribution in [0.5, 0.6) is 23.0 Å². The molecule has 5 aromatic carbocycles. The molecule has 0 spiro atoms. The number of alkyl halides is 16. The Bertz CT molecular complexity index is 2310. The minimum absolute atomic E-state index is 0.0163. The van der Waals surface area contributed by atoms with Gasteiger partial charge in [0.25, 0.3) is 0 Å². The summed E-state index contributed by atoms with van der Waals surface area (Å²) in [7, 11) is 1.15. The van der Waals surface area contributed by atoms with E-state index in [-0.39, 0.29) is 5.75 Å². The zero-order chi connectivity index (χ0) is 48.5. The van der Waals surface area contributed by atoms with E-state index >= 15 is 0 Å². The average molecular weight is 933 g/mol. The summed E-state index contributed by atoms with van der Waals surface area (Å²) in [5.74, 6) is -14.1. The van der Waals surface area contributed by atoms with Crippen molar-refractivity contribution in [2.75, 3.05) is 7.11 Å². The number of methoxy groups -OCH3 is 1. The predicted octanol–water partition coefficient (Wildman–Crippen LogP) is 12.0. The van der Waals surface area contributed by atoms with Gasteiger partial charge in [-0.05, 0) is 70.8 Å². The fourth-order valence-corrected chi connectivity index (χ4v) is 6.38. The van der Waals surface area contributed by atoms with Crippen molar-refractivity contribution in [3.05, 3.63) is 155 Å². The summed E-state index contributed by atoms with van der Waals surface area (Å²) in [4.78, 5) is 23.2. The van der Waals surface area contributed by atoms with Gasteiger partial charge in [0.1, 0.15) is 23.0 Å². The van der Waals surface area contributed by atoms with Crippen molar-refractivity contribution >= 4 is 11.8 Å². The highest BCUT2D eigenvalue weighted by molar-refractivity contribution is 5.85. The summed E-state index contributed by atoms with van der Waals surface area (Å²) in [6.45, 7) is 0.579. The smallest absolute Gasteiger partial charge is 0.411 e. The Balaban J connectivity index is 0.000000329. The summed E-state index contributed by atoms with van der Waals surface area (Å²) in [5.41, 5.74) is -15.6. The van der Waals surface area contributed by atoms with Gasteiger partial charge in [-0.15, -0.1) is 0 Å². The van der Waals surface area contributed by atoms with Crippen LogP contribution in [-0.2, 0) is 32.3 Å². The van der Waals surface area contributed by atoms with Gasteiger partial charge in [-0.25, -0.2) is 4.79 Å². The maximum absolute atomic E-state index is 14.6. The van der Waals surface area contributed by atoms with Crippen molar-refractivity contribution in [3.8, 4) is 23.0 Å². The van der Waals surface area contributed by atoms with Crippen molar-refractivity contribution in [1.29, 1.82) is 0 Å². The topological polar surface area (TPSA) is 93.1 Å². The van der Waals surface area contributed by atoms with E-state index in [0.717, 1.165) is 43.5 Å². The molecule has 0 aromatic heterocycles. The van der Waals surface area contributed by atoms with Crippen LogP contribution in [0.25, 0.3) is 0 Å². The molecule has 0 atom stereocenters. The number of ketones is 1. The monoisotopic (exact) mass is 932 g/mol. The quantitative estimate of drug-likeness (QED) is 0.0823. The Kier molecular flexibility index (Phi) is 13.8. The van der Waals surface area contributed by atoms with E-state index in [1.807, 2.05) is 0 Å². The van der Waals surface area contributed by atoms with Crippen LogP contribution in [0.1, 0.15) is 40.3 Å². The summed E-state index contributed by atoms with van der Waals surface area (Å²) in [6, 6.07) is 11.7. The first-order chi connectivity index (χ1) is 29.3. The van der Waals surface area contributed by atoms with Gasteiger partial charge in [-0.2, -0.15) is 70.2 Å². The van der Waals surface area contributed by atoms with Crippen LogP contribution in [0.4, 0.5) is 70.2 Å². The minimum atomic E-state index is -5.93. The Morgan fingerprint density at radius 2 is 0.641 bits per heavy atom. The van der Waals surface area contributed by atoms with Gasteiger partial charge < -0.3 is 19.7 Å². The number of benzene rings is 5. The molecule has 0 aliphatic rings. The van der Waals surface area contributed by atoms with Crippen LogP contribution in [0.2, 0.25) is 0 Å². The molecule has 6 nitrogen and oxygen atoms in total. The fraction of sp³-hybridized carbons (Fsp3) is 0.238. The highest BCUT2D eigenvalue weighted by atomic mass is 19.4. The Labute approximate surface area is 350 Å². The second kappa shape index (κ2) is 17.6. The highest BCUT2D eigenvalue weighted by Crippen LogP contribution is 2.58. The lowest BCUT2D eigenvalue weighted by Gasteiger charge is -2.38. The van der Waals surface area contributed by atoms with Crippen LogP contribution in [-0.4, -0.2) is 53.8 Å². The molecule has 0 saturated carbocycles. The molecule has 0 unspecified atom stereocenters. The zero-order valence-electron chi connectivity index (χ0n) is 32.1. The average Bonchev–Trinajstić information content (AvgIpc) is 3.18. The molecule has 0 amide bonds. The second-order valence-corrected chi connectivity index (χ2v) is 13.5. The number of hydrogen-bond acceptors (Lipinski definition) is 6. The molecule has 2 N–H and O–H groups in total. The van der Waals surface area contributed by atoms with Gasteiger partial charge in [0.2, 0.25) is 16.6 Å². The third kappa shape index (κ3) is 9.26. The number of halogens is 16. The van der Waals surface area contributed by atoms with Gasteiger partial charge in [0, 0.05) is 18.1 Å². The van der Waals surface area contributed by atoms with Crippen LogP contribution in [0.3, 0.4) is 0 Å². The fourth-order valence-electron chi connectivity index (χ4n) is 6.38. The molecule has 5 aromatic rings. The zero-order valence-corrected chi connectivity index (χ0v) is 32.1. The lowest BCUT2D eigenvalue weighted by atomic mass is 9.73. The summed E-state index contributed by atoms with van der Waals surface area (Å²) >= 11 is 0. The first-order valence-corrected chi connectivity index (χ1v) is 17.5. The largest absolute Gasteiger partial charge is 0.508 e. The molecule has 64 heavy (non-hydrogen) atoms. The number of Topliss-reactive ketones (excluding diaryl/α,β-unsaturated/α-hetero) is 1. The van der Waals surface area contributed by atoms with Gasteiger partial charge in [0.05, 0.1) is 7.11 Å². The van der Waals surface area contributed by atoms with Gasteiger partial charge in [0.15, 0.2) is 0 Å². The van der Waals surface area contributed by atoms with Crippen molar-refractivity contribution in [2.24, 2.45) is 0 Å². The number of phenolic OH excluding ortho intramolecular Hbond substituents is 2. The van der Waals surface area contributed by atoms with E-state index in [4.69, 9.17) is 14.9 Å². The SMILES string of the molecule is COc1ccc(C(c2ccc(OC(=O)C(F)(F)c3ccc(C(F)(F)C(C)=O)cc3)cc2)(C(F)(F)F)C(F)(F)F)cc1.Oc1ccc(C(c2ccc(O)cc2)(C(F)(F)F)C(F)(F)F)cc1. The van der Waals surface area contributed by atoms with Crippen LogP contribution >= 0.6 is 0 Å². The van der Waals surface area contributed by atoms with Gasteiger partial charge in [-0.1, -0.05) is 72.8 Å². The number of aromatic hydroxyl groups is 2. The third-order valence-corrected chi connectivity index (χ3v) is 9.63. The molecule has 0 radical (unpaired) electrons. The molecular formula is C42H28F16O6. The lowest BCUT2D eigenvalue weighted by molar-refractivity contribution is -0.290. The second-order valence-electron chi connectivity index (χ2n) is 13.5. The normalized spacial score (nSPS) is 13.1. The lowest BCUT2D eigenvalue weighted by Crippen LogP contribution is -2.54. The number of carbonyl (C=O) groups is 2. The number of phenols is 2. The van der Waals surface area contributed by atoms with Crippen LogP contribution in [0, 0.1) is 0 Å². The van der Waals surface area contributed by atoms with E-state index in [1.165, 1.54) is 0 Å². The van der Waals surface area contributed by atoms with E-state index < -0.39 is 110 Å². The number of ether oxygens (including phenoxy) is 2. The Hall–Kier alpha value is -6.48. The standard InChI is InChI=1S/C27H18F10O4.C15H10F6O2/c1-15(38)24(28,29)18-3-5-19(6-4-18)25(30,31)22(39)41-21-13-9-17(10-14-21)23(26(32,33)34,27(35,36)37)16-7-11-20(40-2)12-8-16;16-14(17,18)13(15(19,20)21,9-1-5-11(22)6-2-9)10-3-7-12(23)8-4-10/h3-14H,1-2H3;1-8,22-23H. The minimum Gasteiger partial charge on any atom is -0.508 e. The van der Waals surface area contributed by atoms with E-state index in [1.54, 1.807) is 0 Å². The maximum atomic E-state index is 14.6. The summed E-state index contributed by atoms with van der Waals surface area (Å²) < 4.78 is 233. The summed E-state index contributed by atoms with van der Waals surface area (Å²) in [5, 5.41) is 18.3. The van der Waals surface area contributed by atoms with Gasteiger partial charge >= 0.3 is 42.5 Å². The van der Waals surface area contributed by atoms with Crippen molar-refractivity contribution in [3.63, 3.8) is 0 Å². The van der Waals surface area contributed by atoms with Crippen LogP contribution < -0.4 is 9.47 Å². The summed E-state index contributed by atoms with van der Waals surface area (Å²) in [6.07, 6.45) is -23.3. The van der Waals surface area contributed by atoms with Crippen molar-refractivity contribution < 1.29 is 99.5 Å². The molecule has 0 aliphatic heterocycles. The molecule has 22 heteroatoms. The number of carbonyl (C=O) groups excluding carboxylic acids is 2. The molecule has 5 rings (SSSR count). The first-order valence-electron chi connectivity index (χ1n) is 17.5. The molecular weight excluding hydrogens is 904 g/mol. The Morgan fingerprint density at radius 1 is 0.391 bits per heavy atom. The predicted molar refractivity (Wildman–Crippen MR) is 192 cm³/mol. The molecule has 0 aliphatic carbocycles. The molecule has 0 heterocycles. The molecule has 344 valence electrons. The van der Waals surface area contributed by atoms with E-state index in [0.29, 0.717) is 91.9 Å². The Morgan fingerprint density at radius 3 is 0.906 bits per heavy atom. The van der Waals surface area contributed by atoms with E-state index in [9.17, 15) is 79.8 Å². The molecule has 0 saturated heterocycles. The molecule has 0 fully saturated rings. The van der Waals surface area contributed by atoms with Crippen molar-refractivity contribution in [1.82, 2.24) is 0 Å². The number of rotatable bonds is 10. The van der Waals surface area contributed by atoms with Crippen LogP contribution in [0.15, 0.2) is 121 Å². The first kappa shape index (κ1) is 50.2. The van der Waals surface area contributed by atoms with Crippen molar-refractivity contribution in [2.45, 2.75) is 54.3 Å². The van der Waals surface area contributed by atoms with E-state index in [2.05, 4.69) is 4.74 Å². The maximum Gasteiger partial charge on any atom is 0.411 e. The van der Waals surface area contributed by atoms with Gasteiger partial charge in [-0.3, -0.25) is 4.79 Å². The highest BCUT2D eigenvalue weighted by Gasteiger charge is 2.73.